The fourth-order valence-corrected chi connectivity index (χ4v) is 1.73. The van der Waals surface area contributed by atoms with Crippen molar-refractivity contribution in [1.82, 2.24) is 0 Å². The predicted molar refractivity (Wildman–Crippen MR) is 68.2 cm³/mol. The molecule has 0 spiro atoms. The number of rotatable bonds is 6. The zero-order valence-electron chi connectivity index (χ0n) is 9.94. The Balaban J connectivity index is 2.86. The van der Waals surface area contributed by atoms with Crippen LogP contribution in [0.15, 0.2) is 18.2 Å². The summed E-state index contributed by atoms with van der Waals surface area (Å²) in [5, 5.41) is 9.61. The van der Waals surface area contributed by atoms with Crippen LogP contribution in [0.4, 0.5) is 5.69 Å². The molecule has 0 aliphatic rings. The van der Waals surface area contributed by atoms with Gasteiger partial charge in [-0.2, -0.15) is 0 Å². The Labute approximate surface area is 106 Å². The summed E-state index contributed by atoms with van der Waals surface area (Å²) in [5.41, 5.74) is 0.885. The number of carboxylic acids is 1. The number of aromatic carboxylic acids is 1. The van der Waals surface area contributed by atoms with Gasteiger partial charge in [-0.1, -0.05) is 11.6 Å². The van der Waals surface area contributed by atoms with E-state index in [1.807, 2.05) is 11.9 Å². The van der Waals surface area contributed by atoms with Crippen molar-refractivity contribution in [3.63, 3.8) is 0 Å². The fourth-order valence-electron chi connectivity index (χ4n) is 1.57. The number of nitrogens with zero attached hydrogens (tertiary/aromatic N) is 1. The van der Waals surface area contributed by atoms with E-state index in [9.17, 15) is 4.79 Å². The molecule has 5 heteroatoms. The van der Waals surface area contributed by atoms with E-state index in [1.165, 1.54) is 6.07 Å². The maximum atomic E-state index is 11.1. The van der Waals surface area contributed by atoms with E-state index in [4.69, 9.17) is 21.4 Å². The molecule has 1 rings (SSSR count). The van der Waals surface area contributed by atoms with Gasteiger partial charge < -0.3 is 14.7 Å². The Kier molecular flexibility index (Phi) is 5.25. The molecule has 1 N–H and O–H groups in total. The minimum Gasteiger partial charge on any atom is -0.478 e. The van der Waals surface area contributed by atoms with Gasteiger partial charge in [-0.25, -0.2) is 4.79 Å². The van der Waals surface area contributed by atoms with Gasteiger partial charge in [0.25, 0.3) is 0 Å². The van der Waals surface area contributed by atoms with Crippen LogP contribution in [0.25, 0.3) is 0 Å². The molecule has 0 saturated carbocycles. The molecule has 1 aromatic carbocycles. The Bertz CT molecular complexity index is 395. The number of ether oxygens (including phenoxy) is 1. The quantitative estimate of drug-likeness (QED) is 0.796. The SMILES string of the molecule is COCCCN(C)c1cc(Cl)ccc1C(=O)O. The normalized spacial score (nSPS) is 10.3. The van der Waals surface area contributed by atoms with Crippen LogP contribution in [0.3, 0.4) is 0 Å². The van der Waals surface area contributed by atoms with Crippen LogP contribution in [0.1, 0.15) is 16.8 Å². The second kappa shape index (κ2) is 6.47. The van der Waals surface area contributed by atoms with Gasteiger partial charge in [0, 0.05) is 32.3 Å². The van der Waals surface area contributed by atoms with Crippen molar-refractivity contribution in [3.8, 4) is 0 Å². The van der Waals surface area contributed by atoms with Crippen LogP contribution >= 0.6 is 11.6 Å². The molecule has 0 unspecified atom stereocenters. The lowest BCUT2D eigenvalue weighted by atomic mass is 10.1. The molecule has 17 heavy (non-hydrogen) atoms. The summed E-state index contributed by atoms with van der Waals surface area (Å²) in [6, 6.07) is 4.77. The minimum absolute atomic E-state index is 0.259. The van der Waals surface area contributed by atoms with E-state index in [0.29, 0.717) is 23.9 Å². The molecular formula is C12H16ClNO3. The molecule has 0 fully saturated rings. The molecule has 0 aliphatic heterocycles. The maximum absolute atomic E-state index is 11.1. The maximum Gasteiger partial charge on any atom is 0.337 e. The van der Waals surface area contributed by atoms with Crippen LogP contribution in [0.2, 0.25) is 5.02 Å². The largest absolute Gasteiger partial charge is 0.478 e. The van der Waals surface area contributed by atoms with Crippen LogP contribution in [-0.4, -0.2) is 38.4 Å². The Hall–Kier alpha value is -1.26. The van der Waals surface area contributed by atoms with E-state index < -0.39 is 5.97 Å². The molecule has 0 saturated heterocycles. The van der Waals surface area contributed by atoms with Gasteiger partial charge >= 0.3 is 5.97 Å². The lowest BCUT2D eigenvalue weighted by molar-refractivity contribution is 0.0697. The lowest BCUT2D eigenvalue weighted by Gasteiger charge is -2.21. The molecule has 0 bridgehead atoms. The summed E-state index contributed by atoms with van der Waals surface area (Å²) in [5.74, 6) is -0.949. The van der Waals surface area contributed by atoms with Crippen molar-refractivity contribution in [2.45, 2.75) is 6.42 Å². The number of carbonyl (C=O) groups is 1. The second-order valence-corrected chi connectivity index (χ2v) is 4.17. The Morgan fingerprint density at radius 2 is 2.24 bits per heavy atom. The van der Waals surface area contributed by atoms with E-state index in [2.05, 4.69) is 0 Å². The monoisotopic (exact) mass is 257 g/mol. The zero-order valence-corrected chi connectivity index (χ0v) is 10.7. The third-order valence-corrected chi connectivity index (χ3v) is 2.68. The van der Waals surface area contributed by atoms with Crippen molar-refractivity contribution >= 4 is 23.3 Å². The first-order valence-corrected chi connectivity index (χ1v) is 5.67. The number of anilines is 1. The molecule has 0 aromatic heterocycles. The third kappa shape index (κ3) is 3.91. The summed E-state index contributed by atoms with van der Waals surface area (Å²) in [4.78, 5) is 12.9. The van der Waals surface area contributed by atoms with Crippen molar-refractivity contribution < 1.29 is 14.6 Å². The zero-order chi connectivity index (χ0) is 12.8. The summed E-state index contributed by atoms with van der Waals surface area (Å²) in [6.07, 6.45) is 0.832. The average molecular weight is 258 g/mol. The molecule has 1 aromatic rings. The highest BCUT2D eigenvalue weighted by Gasteiger charge is 2.13. The van der Waals surface area contributed by atoms with Crippen LogP contribution < -0.4 is 4.90 Å². The van der Waals surface area contributed by atoms with Crippen molar-refractivity contribution in [1.29, 1.82) is 0 Å². The topological polar surface area (TPSA) is 49.8 Å². The Morgan fingerprint density at radius 3 is 2.82 bits per heavy atom. The molecule has 0 aliphatic carbocycles. The average Bonchev–Trinajstić information content (AvgIpc) is 2.28. The van der Waals surface area contributed by atoms with Gasteiger partial charge in [-0.15, -0.1) is 0 Å². The minimum atomic E-state index is -0.949. The van der Waals surface area contributed by atoms with Gasteiger partial charge in [0.1, 0.15) is 0 Å². The van der Waals surface area contributed by atoms with E-state index in [-0.39, 0.29) is 5.56 Å². The second-order valence-electron chi connectivity index (χ2n) is 3.73. The number of benzene rings is 1. The van der Waals surface area contributed by atoms with Crippen LogP contribution in [0, 0.1) is 0 Å². The fraction of sp³-hybridized carbons (Fsp3) is 0.417. The van der Waals surface area contributed by atoms with E-state index >= 15 is 0 Å². The number of methoxy groups -OCH3 is 1. The Morgan fingerprint density at radius 1 is 1.53 bits per heavy atom. The summed E-state index contributed by atoms with van der Waals surface area (Å²) in [6.45, 7) is 1.36. The first-order chi connectivity index (χ1) is 8.06. The number of hydrogen-bond acceptors (Lipinski definition) is 3. The smallest absolute Gasteiger partial charge is 0.337 e. The first-order valence-electron chi connectivity index (χ1n) is 5.29. The number of halogens is 1. The molecule has 0 amide bonds. The molecule has 0 radical (unpaired) electrons. The van der Waals surface area contributed by atoms with Gasteiger partial charge in [0.2, 0.25) is 0 Å². The van der Waals surface area contributed by atoms with Crippen LogP contribution in [-0.2, 0) is 4.74 Å². The molecule has 0 heterocycles. The van der Waals surface area contributed by atoms with Gasteiger partial charge in [-0.05, 0) is 24.6 Å². The van der Waals surface area contributed by atoms with Crippen LogP contribution in [0.5, 0.6) is 0 Å². The summed E-state index contributed by atoms with van der Waals surface area (Å²) >= 11 is 5.88. The summed E-state index contributed by atoms with van der Waals surface area (Å²) in [7, 11) is 3.48. The predicted octanol–water partition coefficient (Wildman–Crippen LogP) is 2.51. The highest BCUT2D eigenvalue weighted by atomic mass is 35.5. The van der Waals surface area contributed by atoms with Gasteiger partial charge in [-0.3, -0.25) is 0 Å². The molecular weight excluding hydrogens is 242 g/mol. The number of carboxylic acid groups (broad SMARTS) is 1. The molecule has 0 atom stereocenters. The third-order valence-electron chi connectivity index (χ3n) is 2.44. The molecule has 4 nitrogen and oxygen atoms in total. The lowest BCUT2D eigenvalue weighted by Crippen LogP contribution is -2.22. The highest BCUT2D eigenvalue weighted by molar-refractivity contribution is 6.31. The van der Waals surface area contributed by atoms with Gasteiger partial charge in [0.05, 0.1) is 11.3 Å². The van der Waals surface area contributed by atoms with E-state index in [0.717, 1.165) is 6.42 Å². The standard InChI is InChI=1S/C12H16ClNO3/c1-14(6-3-7-17-2)11-8-9(13)4-5-10(11)12(15)16/h4-5,8H,3,6-7H2,1-2H3,(H,15,16). The van der Waals surface area contributed by atoms with Crippen molar-refractivity contribution in [2.75, 3.05) is 32.2 Å². The number of hydrogen-bond donors (Lipinski definition) is 1. The van der Waals surface area contributed by atoms with Gasteiger partial charge in [0.15, 0.2) is 0 Å². The first kappa shape index (κ1) is 13.8. The van der Waals surface area contributed by atoms with Crippen molar-refractivity contribution in [3.05, 3.63) is 28.8 Å². The highest BCUT2D eigenvalue weighted by Crippen LogP contribution is 2.24. The molecule has 94 valence electrons. The van der Waals surface area contributed by atoms with E-state index in [1.54, 1.807) is 19.2 Å². The summed E-state index contributed by atoms with van der Waals surface area (Å²) < 4.78 is 4.96. The van der Waals surface area contributed by atoms with Crippen molar-refractivity contribution in [2.24, 2.45) is 0 Å².